The maximum absolute atomic E-state index is 2.36. The van der Waals surface area contributed by atoms with Crippen LogP contribution in [0.1, 0.15) is 143 Å². The molecule has 0 aliphatic rings. The van der Waals surface area contributed by atoms with Gasteiger partial charge in [-0.2, -0.15) is 0 Å². The van der Waals surface area contributed by atoms with Crippen molar-refractivity contribution in [1.29, 1.82) is 0 Å². The van der Waals surface area contributed by atoms with Crippen molar-refractivity contribution in [3.63, 3.8) is 0 Å². The highest BCUT2D eigenvalue weighted by atomic mass is 14.3. The summed E-state index contributed by atoms with van der Waals surface area (Å²) in [7, 11) is 0. The van der Waals surface area contributed by atoms with Crippen molar-refractivity contribution in [2.75, 3.05) is 0 Å². The predicted octanol–water partition coefficient (Wildman–Crippen LogP) is 9.32. The molecule has 0 aromatic carbocycles. The van der Waals surface area contributed by atoms with Gasteiger partial charge in [0.05, 0.1) is 0 Å². The van der Waals surface area contributed by atoms with E-state index in [0.29, 0.717) is 0 Å². The SMILES string of the molecule is CCCCCCCCC(CCCCCC)C(CCCC)CCCC. The van der Waals surface area contributed by atoms with Crippen molar-refractivity contribution in [2.24, 2.45) is 11.8 Å². The molecule has 0 amide bonds. The van der Waals surface area contributed by atoms with E-state index in [9.17, 15) is 0 Å². The van der Waals surface area contributed by atoms with Gasteiger partial charge in [-0.1, -0.05) is 143 Å². The lowest BCUT2D eigenvalue weighted by Crippen LogP contribution is -2.16. The lowest BCUT2D eigenvalue weighted by atomic mass is 9.78. The normalized spacial score (nSPS) is 12.9. The van der Waals surface area contributed by atoms with Gasteiger partial charge >= 0.3 is 0 Å². The van der Waals surface area contributed by atoms with Crippen LogP contribution in [-0.2, 0) is 0 Å². The Morgan fingerprint density at radius 2 is 0.625 bits per heavy atom. The zero-order valence-electron chi connectivity index (χ0n) is 17.9. The van der Waals surface area contributed by atoms with E-state index in [1.165, 1.54) is 116 Å². The summed E-state index contributed by atoms with van der Waals surface area (Å²) in [5.74, 6) is 2.06. The number of unbranched alkanes of at least 4 members (excludes halogenated alkanes) is 10. The highest BCUT2D eigenvalue weighted by molar-refractivity contribution is 4.71. The Hall–Kier alpha value is 0. The minimum atomic E-state index is 1.03. The first-order valence-electron chi connectivity index (χ1n) is 11.8. The second-order valence-electron chi connectivity index (χ2n) is 8.21. The molecule has 0 heterocycles. The van der Waals surface area contributed by atoms with Crippen molar-refractivity contribution in [3.8, 4) is 0 Å². The van der Waals surface area contributed by atoms with E-state index in [1.807, 2.05) is 0 Å². The summed E-state index contributed by atoms with van der Waals surface area (Å²) in [5.41, 5.74) is 0. The van der Waals surface area contributed by atoms with Gasteiger partial charge < -0.3 is 0 Å². The topological polar surface area (TPSA) is 0 Å². The van der Waals surface area contributed by atoms with Crippen molar-refractivity contribution < 1.29 is 0 Å². The summed E-state index contributed by atoms with van der Waals surface area (Å²) >= 11 is 0. The van der Waals surface area contributed by atoms with Crippen LogP contribution in [0.5, 0.6) is 0 Å². The van der Waals surface area contributed by atoms with Crippen LogP contribution < -0.4 is 0 Å². The quantitative estimate of drug-likeness (QED) is 0.206. The minimum Gasteiger partial charge on any atom is -0.0654 e. The molecule has 0 nitrogen and oxygen atoms in total. The summed E-state index contributed by atoms with van der Waals surface area (Å²) in [6.45, 7) is 9.37. The first-order valence-corrected chi connectivity index (χ1v) is 11.8. The molecule has 0 aliphatic heterocycles. The van der Waals surface area contributed by atoms with Crippen molar-refractivity contribution in [3.05, 3.63) is 0 Å². The fourth-order valence-electron chi connectivity index (χ4n) is 4.18. The first-order chi connectivity index (χ1) is 11.8. The molecule has 0 saturated heterocycles. The van der Waals surface area contributed by atoms with Gasteiger partial charge in [0, 0.05) is 0 Å². The van der Waals surface area contributed by atoms with E-state index in [0.717, 1.165) is 11.8 Å². The molecule has 1 atom stereocenters. The van der Waals surface area contributed by atoms with Crippen LogP contribution in [0, 0.1) is 11.8 Å². The number of hydrogen-bond donors (Lipinski definition) is 0. The third kappa shape index (κ3) is 14.4. The van der Waals surface area contributed by atoms with Crippen LogP contribution in [-0.4, -0.2) is 0 Å². The lowest BCUT2D eigenvalue weighted by Gasteiger charge is -2.28. The largest absolute Gasteiger partial charge is 0.0654 e. The molecule has 0 rings (SSSR count). The smallest absolute Gasteiger partial charge is 0.0386 e. The average molecular weight is 339 g/mol. The van der Waals surface area contributed by atoms with Crippen LogP contribution >= 0.6 is 0 Å². The van der Waals surface area contributed by atoms with Crippen molar-refractivity contribution in [1.82, 2.24) is 0 Å². The molecule has 1 unspecified atom stereocenters. The Labute approximate surface area is 155 Å². The second kappa shape index (κ2) is 19.3. The average Bonchev–Trinajstić information content (AvgIpc) is 2.60. The zero-order valence-corrected chi connectivity index (χ0v) is 17.9. The third-order valence-electron chi connectivity index (χ3n) is 5.88. The summed E-state index contributed by atoms with van der Waals surface area (Å²) in [4.78, 5) is 0. The number of hydrogen-bond acceptors (Lipinski definition) is 0. The Kier molecular flexibility index (Phi) is 19.3. The van der Waals surface area contributed by atoms with E-state index < -0.39 is 0 Å². The van der Waals surface area contributed by atoms with E-state index >= 15 is 0 Å². The Balaban J connectivity index is 4.31. The van der Waals surface area contributed by atoms with Gasteiger partial charge in [-0.05, 0) is 11.8 Å². The molecule has 0 saturated carbocycles. The molecule has 0 heteroatoms. The van der Waals surface area contributed by atoms with Gasteiger partial charge in [-0.3, -0.25) is 0 Å². The van der Waals surface area contributed by atoms with E-state index in [-0.39, 0.29) is 0 Å². The monoisotopic (exact) mass is 338 g/mol. The summed E-state index contributed by atoms with van der Waals surface area (Å²) in [6, 6.07) is 0. The standard InChI is InChI=1S/C24H50/c1-5-9-13-15-16-18-22-24(21-17-14-10-6-2)23(19-11-7-3)20-12-8-4/h23-24H,5-22H2,1-4H3. The van der Waals surface area contributed by atoms with E-state index in [1.54, 1.807) is 0 Å². The Bertz CT molecular complexity index is 212. The Morgan fingerprint density at radius 1 is 0.333 bits per heavy atom. The molecular weight excluding hydrogens is 288 g/mol. The second-order valence-corrected chi connectivity index (χ2v) is 8.21. The molecular formula is C24H50. The molecule has 0 radical (unpaired) electrons. The van der Waals surface area contributed by atoms with Crippen LogP contribution in [0.4, 0.5) is 0 Å². The van der Waals surface area contributed by atoms with Gasteiger partial charge in [0.2, 0.25) is 0 Å². The molecule has 0 aliphatic carbocycles. The maximum Gasteiger partial charge on any atom is -0.0386 e. The molecule has 0 spiro atoms. The van der Waals surface area contributed by atoms with Gasteiger partial charge in [-0.15, -0.1) is 0 Å². The van der Waals surface area contributed by atoms with E-state index in [2.05, 4.69) is 27.7 Å². The van der Waals surface area contributed by atoms with Crippen molar-refractivity contribution >= 4 is 0 Å². The molecule has 146 valence electrons. The highest BCUT2D eigenvalue weighted by Gasteiger charge is 2.20. The van der Waals surface area contributed by atoms with Gasteiger partial charge in [-0.25, -0.2) is 0 Å². The molecule has 24 heavy (non-hydrogen) atoms. The van der Waals surface area contributed by atoms with Crippen LogP contribution in [0.2, 0.25) is 0 Å². The van der Waals surface area contributed by atoms with Crippen LogP contribution in [0.3, 0.4) is 0 Å². The third-order valence-corrected chi connectivity index (χ3v) is 5.88. The summed E-state index contributed by atoms with van der Waals surface area (Å²) in [5, 5.41) is 0. The minimum absolute atomic E-state index is 1.03. The van der Waals surface area contributed by atoms with Gasteiger partial charge in [0.25, 0.3) is 0 Å². The fraction of sp³-hybridized carbons (Fsp3) is 1.00. The van der Waals surface area contributed by atoms with Crippen LogP contribution in [0.25, 0.3) is 0 Å². The molecule has 0 fully saturated rings. The Morgan fingerprint density at radius 3 is 1.04 bits per heavy atom. The van der Waals surface area contributed by atoms with E-state index in [4.69, 9.17) is 0 Å². The van der Waals surface area contributed by atoms with Gasteiger partial charge in [0.1, 0.15) is 0 Å². The summed E-state index contributed by atoms with van der Waals surface area (Å²) in [6.07, 6.45) is 26.2. The molecule has 0 N–H and O–H groups in total. The number of rotatable bonds is 19. The van der Waals surface area contributed by atoms with Crippen LogP contribution in [0.15, 0.2) is 0 Å². The highest BCUT2D eigenvalue weighted by Crippen LogP contribution is 2.32. The lowest BCUT2D eigenvalue weighted by molar-refractivity contribution is 0.239. The summed E-state index contributed by atoms with van der Waals surface area (Å²) < 4.78 is 0. The molecule has 0 aromatic rings. The first kappa shape index (κ1) is 24.0. The zero-order chi connectivity index (χ0) is 17.9. The predicted molar refractivity (Wildman–Crippen MR) is 113 cm³/mol. The van der Waals surface area contributed by atoms with Crippen molar-refractivity contribution in [2.45, 2.75) is 143 Å². The molecule has 0 bridgehead atoms. The molecule has 0 aromatic heterocycles. The van der Waals surface area contributed by atoms with Gasteiger partial charge in [0.15, 0.2) is 0 Å². The maximum atomic E-state index is 2.36. The fourth-order valence-corrected chi connectivity index (χ4v) is 4.18.